The highest BCUT2D eigenvalue weighted by Crippen LogP contribution is 2.35. The molecule has 0 bridgehead atoms. The average molecular weight is 475 g/mol. The number of fused-ring (bicyclic) bond motifs is 1. The molecule has 0 radical (unpaired) electrons. The van der Waals surface area contributed by atoms with Gasteiger partial charge in [0.1, 0.15) is 5.25 Å². The van der Waals surface area contributed by atoms with E-state index in [9.17, 15) is 9.59 Å². The molecule has 2 heterocycles. The molecular formula is C23H23ClN2O3S2. The van der Waals surface area contributed by atoms with Crippen LogP contribution in [0.5, 0.6) is 0 Å². The van der Waals surface area contributed by atoms with Crippen LogP contribution in [0.25, 0.3) is 10.2 Å². The Morgan fingerprint density at radius 1 is 1.23 bits per heavy atom. The minimum atomic E-state index is -0.378. The number of methoxy groups -OCH3 is 1. The Morgan fingerprint density at radius 3 is 2.71 bits per heavy atom. The van der Waals surface area contributed by atoms with Crippen LogP contribution in [0.15, 0.2) is 47.4 Å². The standard InChI is InChI=1S/C23H23ClN2O3S2/c1-14(23(28)29-2)30-19-6-4-3-5-17(19)22(27)26-11-9-15(10-12-26)21-25-18-13-16(24)7-8-20(18)31-21/h3-8,13-15H,9-12H2,1-2H3. The topological polar surface area (TPSA) is 59.5 Å². The number of rotatable bonds is 5. The molecule has 0 aliphatic carbocycles. The van der Waals surface area contributed by atoms with Gasteiger partial charge in [-0.25, -0.2) is 4.98 Å². The quantitative estimate of drug-likeness (QED) is 0.354. The molecule has 0 spiro atoms. The number of carbonyl (C=O) groups is 2. The minimum absolute atomic E-state index is 0.00898. The highest BCUT2D eigenvalue weighted by atomic mass is 35.5. The zero-order valence-electron chi connectivity index (χ0n) is 17.3. The van der Waals surface area contributed by atoms with Crippen LogP contribution in [-0.4, -0.2) is 47.2 Å². The van der Waals surface area contributed by atoms with E-state index in [1.165, 1.54) is 18.9 Å². The SMILES string of the molecule is COC(=O)C(C)Sc1ccccc1C(=O)N1CCC(c2nc3cc(Cl)ccc3s2)CC1. The van der Waals surface area contributed by atoms with Crippen LogP contribution in [0.4, 0.5) is 0 Å². The fourth-order valence-electron chi connectivity index (χ4n) is 3.74. The summed E-state index contributed by atoms with van der Waals surface area (Å²) in [4.78, 5) is 32.5. The van der Waals surface area contributed by atoms with Gasteiger partial charge >= 0.3 is 5.97 Å². The largest absolute Gasteiger partial charge is 0.468 e. The Balaban J connectivity index is 1.44. The zero-order valence-corrected chi connectivity index (χ0v) is 19.7. The lowest BCUT2D eigenvalue weighted by molar-refractivity contribution is -0.139. The van der Waals surface area contributed by atoms with Gasteiger partial charge in [0.25, 0.3) is 5.91 Å². The molecule has 1 fully saturated rings. The number of ether oxygens (including phenoxy) is 1. The molecule has 31 heavy (non-hydrogen) atoms. The summed E-state index contributed by atoms with van der Waals surface area (Å²) >= 11 is 9.16. The number of amides is 1. The maximum atomic E-state index is 13.2. The third kappa shape index (κ3) is 4.89. The summed E-state index contributed by atoms with van der Waals surface area (Å²) in [6.45, 7) is 3.16. The van der Waals surface area contributed by atoms with Crippen molar-refractivity contribution in [3.05, 3.63) is 58.1 Å². The molecule has 5 nitrogen and oxygen atoms in total. The van der Waals surface area contributed by atoms with Gasteiger partial charge in [-0.15, -0.1) is 23.1 Å². The van der Waals surface area contributed by atoms with Crippen molar-refractivity contribution in [2.24, 2.45) is 0 Å². The van der Waals surface area contributed by atoms with E-state index in [1.54, 1.807) is 18.3 Å². The summed E-state index contributed by atoms with van der Waals surface area (Å²) in [6.07, 6.45) is 1.76. The summed E-state index contributed by atoms with van der Waals surface area (Å²) in [7, 11) is 1.38. The van der Waals surface area contributed by atoms with Gasteiger partial charge in [-0.1, -0.05) is 23.7 Å². The van der Waals surface area contributed by atoms with E-state index in [2.05, 4.69) is 0 Å². The Labute approximate surface area is 194 Å². The Kier molecular flexibility index (Phi) is 6.84. The van der Waals surface area contributed by atoms with Gasteiger partial charge in [0.05, 0.1) is 27.9 Å². The highest BCUT2D eigenvalue weighted by molar-refractivity contribution is 8.00. The zero-order chi connectivity index (χ0) is 22.0. The second kappa shape index (κ2) is 9.59. The van der Waals surface area contributed by atoms with E-state index < -0.39 is 0 Å². The first-order valence-corrected chi connectivity index (χ1v) is 12.2. The maximum Gasteiger partial charge on any atom is 0.318 e. The van der Waals surface area contributed by atoms with E-state index >= 15 is 0 Å². The lowest BCUT2D eigenvalue weighted by atomic mass is 9.97. The Hall–Kier alpha value is -2.09. The molecule has 0 N–H and O–H groups in total. The number of carbonyl (C=O) groups excluding carboxylic acids is 2. The fourth-order valence-corrected chi connectivity index (χ4v) is 6.04. The first-order chi connectivity index (χ1) is 15.0. The van der Waals surface area contributed by atoms with Crippen LogP contribution in [0.2, 0.25) is 5.02 Å². The van der Waals surface area contributed by atoms with Crippen molar-refractivity contribution in [1.82, 2.24) is 9.88 Å². The van der Waals surface area contributed by atoms with Crippen LogP contribution < -0.4 is 0 Å². The van der Waals surface area contributed by atoms with Crippen LogP contribution in [-0.2, 0) is 9.53 Å². The van der Waals surface area contributed by atoms with Gasteiger partial charge < -0.3 is 9.64 Å². The monoisotopic (exact) mass is 474 g/mol. The van der Waals surface area contributed by atoms with E-state index in [1.807, 2.05) is 47.4 Å². The molecule has 3 aromatic rings. The van der Waals surface area contributed by atoms with Crippen LogP contribution >= 0.6 is 34.7 Å². The van der Waals surface area contributed by atoms with Crippen LogP contribution in [0.1, 0.15) is 41.0 Å². The number of esters is 1. The number of likely N-dealkylation sites (tertiary alicyclic amines) is 1. The molecule has 1 aromatic heterocycles. The molecule has 1 aliphatic rings. The van der Waals surface area contributed by atoms with Gasteiger partial charge in [-0.05, 0) is 50.1 Å². The number of piperidine rings is 1. The molecule has 1 atom stereocenters. The van der Waals surface area contributed by atoms with Crippen molar-refractivity contribution in [2.45, 2.75) is 35.8 Å². The van der Waals surface area contributed by atoms with Crippen molar-refractivity contribution in [3.8, 4) is 0 Å². The van der Waals surface area contributed by atoms with Gasteiger partial charge in [0.2, 0.25) is 0 Å². The molecule has 2 aromatic carbocycles. The first-order valence-electron chi connectivity index (χ1n) is 10.1. The fraction of sp³-hybridized carbons (Fsp3) is 0.348. The number of nitrogens with zero attached hydrogens (tertiary/aromatic N) is 2. The Morgan fingerprint density at radius 2 is 1.97 bits per heavy atom. The molecule has 1 amide bonds. The second-order valence-electron chi connectivity index (χ2n) is 7.51. The van der Waals surface area contributed by atoms with Crippen LogP contribution in [0, 0.1) is 0 Å². The number of hydrogen-bond acceptors (Lipinski definition) is 6. The average Bonchev–Trinajstić information content (AvgIpc) is 3.21. The number of thiazole rings is 1. The number of thioether (sulfide) groups is 1. The molecule has 8 heteroatoms. The van der Waals surface area contributed by atoms with Crippen molar-refractivity contribution < 1.29 is 14.3 Å². The summed E-state index contributed by atoms with van der Waals surface area (Å²) in [5, 5.41) is 1.44. The van der Waals surface area contributed by atoms with Gasteiger partial charge in [-0.3, -0.25) is 9.59 Å². The molecule has 0 saturated carbocycles. The van der Waals surface area contributed by atoms with Crippen molar-refractivity contribution in [2.75, 3.05) is 20.2 Å². The van der Waals surface area contributed by atoms with Gasteiger partial charge in [0, 0.05) is 28.9 Å². The van der Waals surface area contributed by atoms with Crippen LogP contribution in [0.3, 0.4) is 0 Å². The smallest absolute Gasteiger partial charge is 0.318 e. The van der Waals surface area contributed by atoms with Crippen molar-refractivity contribution in [3.63, 3.8) is 0 Å². The third-order valence-corrected chi connectivity index (χ3v) is 8.04. The summed E-state index contributed by atoms with van der Waals surface area (Å²) in [5.41, 5.74) is 1.58. The lowest BCUT2D eigenvalue weighted by Crippen LogP contribution is -2.38. The summed E-state index contributed by atoms with van der Waals surface area (Å²) in [6, 6.07) is 13.3. The number of hydrogen-bond donors (Lipinski definition) is 0. The van der Waals surface area contributed by atoms with E-state index in [-0.39, 0.29) is 17.1 Å². The van der Waals surface area contributed by atoms with Gasteiger partial charge in [-0.2, -0.15) is 0 Å². The maximum absolute atomic E-state index is 13.2. The van der Waals surface area contributed by atoms with Gasteiger partial charge in [0.15, 0.2) is 0 Å². The third-order valence-electron chi connectivity index (χ3n) is 5.45. The molecule has 1 unspecified atom stereocenters. The lowest BCUT2D eigenvalue weighted by Gasteiger charge is -2.31. The number of benzene rings is 2. The molecule has 1 saturated heterocycles. The summed E-state index contributed by atoms with van der Waals surface area (Å²) < 4.78 is 5.96. The molecular weight excluding hydrogens is 452 g/mol. The minimum Gasteiger partial charge on any atom is -0.468 e. The molecule has 1 aliphatic heterocycles. The summed E-state index contributed by atoms with van der Waals surface area (Å²) in [5.74, 6) is 0.0593. The number of aromatic nitrogens is 1. The van der Waals surface area contributed by atoms with Crippen molar-refractivity contribution >= 4 is 56.8 Å². The molecule has 162 valence electrons. The predicted molar refractivity (Wildman–Crippen MR) is 126 cm³/mol. The first kappa shape index (κ1) is 22.1. The number of halogens is 1. The van der Waals surface area contributed by atoms with Crippen molar-refractivity contribution in [1.29, 1.82) is 0 Å². The van der Waals surface area contributed by atoms with E-state index in [0.29, 0.717) is 29.6 Å². The second-order valence-corrected chi connectivity index (χ2v) is 10.4. The highest BCUT2D eigenvalue weighted by Gasteiger charge is 2.28. The van der Waals surface area contributed by atoms with E-state index in [4.69, 9.17) is 21.3 Å². The normalized spacial score (nSPS) is 15.8. The predicted octanol–water partition coefficient (Wildman–Crippen LogP) is 5.62. The van der Waals surface area contributed by atoms with E-state index in [0.717, 1.165) is 33.0 Å². The Bertz CT molecular complexity index is 1110. The molecule has 4 rings (SSSR count).